The van der Waals surface area contributed by atoms with E-state index in [1.165, 1.54) is 18.2 Å². The second-order valence-electron chi connectivity index (χ2n) is 7.43. The van der Waals surface area contributed by atoms with Gasteiger partial charge in [0.1, 0.15) is 6.54 Å². The molecule has 30 heavy (non-hydrogen) atoms. The molecule has 0 spiro atoms. The van der Waals surface area contributed by atoms with Gasteiger partial charge in [-0.1, -0.05) is 53.5 Å². The standard InChI is InChI=1S/C21H24Cl2N2O4S/c1-30(27,28)25(19-12-17(22)11-18(23)13-19)14-20(26)24-15-21(7-9-29-10-8-21)16-5-3-2-4-6-16/h2-6,11-13H,7-10,14-15H2,1H3,(H,24,26). The summed E-state index contributed by atoms with van der Waals surface area (Å²) >= 11 is 12.0. The summed E-state index contributed by atoms with van der Waals surface area (Å²) in [5.41, 5.74) is 1.13. The molecule has 0 saturated carbocycles. The van der Waals surface area contributed by atoms with E-state index in [-0.39, 0.29) is 27.7 Å². The first kappa shape index (κ1) is 22.9. The number of hydrogen-bond donors (Lipinski definition) is 1. The van der Waals surface area contributed by atoms with Crippen molar-refractivity contribution in [1.82, 2.24) is 5.32 Å². The first-order valence-electron chi connectivity index (χ1n) is 9.53. The molecule has 1 amide bonds. The van der Waals surface area contributed by atoms with Crippen LogP contribution in [-0.4, -0.2) is 46.9 Å². The maximum absolute atomic E-state index is 12.7. The smallest absolute Gasteiger partial charge is 0.240 e. The molecule has 0 aliphatic carbocycles. The molecule has 2 aromatic carbocycles. The number of nitrogens with zero attached hydrogens (tertiary/aromatic N) is 1. The maximum Gasteiger partial charge on any atom is 0.240 e. The fraction of sp³-hybridized carbons (Fsp3) is 0.381. The van der Waals surface area contributed by atoms with Crippen molar-refractivity contribution in [2.24, 2.45) is 0 Å². The van der Waals surface area contributed by atoms with Crippen LogP contribution >= 0.6 is 23.2 Å². The van der Waals surface area contributed by atoms with Crippen molar-refractivity contribution in [2.45, 2.75) is 18.3 Å². The van der Waals surface area contributed by atoms with Gasteiger partial charge in [-0.25, -0.2) is 8.42 Å². The van der Waals surface area contributed by atoms with E-state index >= 15 is 0 Å². The highest BCUT2D eigenvalue weighted by molar-refractivity contribution is 7.92. The van der Waals surface area contributed by atoms with E-state index in [0.29, 0.717) is 19.8 Å². The van der Waals surface area contributed by atoms with Gasteiger partial charge in [-0.05, 0) is 36.6 Å². The highest BCUT2D eigenvalue weighted by atomic mass is 35.5. The molecule has 1 N–H and O–H groups in total. The third-order valence-corrected chi connectivity index (χ3v) is 6.86. The van der Waals surface area contributed by atoms with Crippen molar-refractivity contribution in [3.8, 4) is 0 Å². The fourth-order valence-electron chi connectivity index (χ4n) is 3.66. The van der Waals surface area contributed by atoms with E-state index in [0.717, 1.165) is 29.0 Å². The number of sulfonamides is 1. The molecule has 1 aliphatic rings. The van der Waals surface area contributed by atoms with Crippen molar-refractivity contribution in [2.75, 3.05) is 36.9 Å². The molecule has 3 rings (SSSR count). The van der Waals surface area contributed by atoms with Crippen LogP contribution in [0.25, 0.3) is 0 Å². The molecular weight excluding hydrogens is 447 g/mol. The van der Waals surface area contributed by atoms with Crippen LogP contribution < -0.4 is 9.62 Å². The normalized spacial score (nSPS) is 16.1. The number of nitrogens with one attached hydrogen (secondary N) is 1. The Hall–Kier alpha value is -1.80. The lowest BCUT2D eigenvalue weighted by atomic mass is 9.74. The summed E-state index contributed by atoms with van der Waals surface area (Å²) in [6.07, 6.45) is 2.59. The van der Waals surface area contributed by atoms with Crippen molar-refractivity contribution >= 4 is 44.8 Å². The van der Waals surface area contributed by atoms with E-state index in [1.807, 2.05) is 30.3 Å². The Kier molecular flexibility index (Phi) is 7.29. The summed E-state index contributed by atoms with van der Waals surface area (Å²) in [4.78, 5) is 12.7. The number of ether oxygens (including phenoxy) is 1. The second-order valence-corrected chi connectivity index (χ2v) is 10.2. The molecule has 1 saturated heterocycles. The molecule has 162 valence electrons. The lowest BCUT2D eigenvalue weighted by Crippen LogP contribution is -2.47. The highest BCUT2D eigenvalue weighted by Crippen LogP contribution is 2.34. The van der Waals surface area contributed by atoms with Crippen LogP contribution in [0.3, 0.4) is 0 Å². The van der Waals surface area contributed by atoms with Gasteiger partial charge in [0.25, 0.3) is 0 Å². The average Bonchev–Trinajstić information content (AvgIpc) is 2.70. The Bertz CT molecular complexity index is 973. The molecule has 0 aromatic heterocycles. The number of carbonyl (C=O) groups is 1. The van der Waals surface area contributed by atoms with Crippen LogP contribution in [0.2, 0.25) is 10.0 Å². The predicted octanol–water partition coefficient (Wildman–Crippen LogP) is 3.62. The zero-order chi connectivity index (χ0) is 21.8. The molecule has 6 nitrogen and oxygen atoms in total. The van der Waals surface area contributed by atoms with Crippen LogP contribution in [0.15, 0.2) is 48.5 Å². The SMILES string of the molecule is CS(=O)(=O)N(CC(=O)NCC1(c2ccccc2)CCOCC1)c1cc(Cl)cc(Cl)c1. The molecular formula is C21H24Cl2N2O4S. The van der Waals surface area contributed by atoms with Crippen LogP contribution in [0.1, 0.15) is 18.4 Å². The second kappa shape index (κ2) is 9.56. The zero-order valence-electron chi connectivity index (χ0n) is 16.6. The van der Waals surface area contributed by atoms with Gasteiger partial charge in [0, 0.05) is 35.2 Å². The van der Waals surface area contributed by atoms with Crippen LogP contribution in [-0.2, 0) is 25.0 Å². The number of benzene rings is 2. The molecule has 1 fully saturated rings. The Balaban J connectivity index is 1.76. The van der Waals surface area contributed by atoms with Gasteiger partial charge in [0.2, 0.25) is 15.9 Å². The Morgan fingerprint density at radius 3 is 2.27 bits per heavy atom. The van der Waals surface area contributed by atoms with Gasteiger partial charge in [-0.3, -0.25) is 9.10 Å². The third-order valence-electron chi connectivity index (χ3n) is 5.28. The number of hydrogen-bond acceptors (Lipinski definition) is 4. The van der Waals surface area contributed by atoms with Gasteiger partial charge < -0.3 is 10.1 Å². The highest BCUT2D eigenvalue weighted by Gasteiger charge is 2.35. The van der Waals surface area contributed by atoms with Crippen molar-refractivity contribution in [3.63, 3.8) is 0 Å². The van der Waals surface area contributed by atoms with Crippen molar-refractivity contribution < 1.29 is 17.9 Å². The summed E-state index contributed by atoms with van der Waals surface area (Å²) in [5, 5.41) is 3.50. The van der Waals surface area contributed by atoms with E-state index in [1.54, 1.807) is 0 Å². The van der Waals surface area contributed by atoms with Gasteiger partial charge >= 0.3 is 0 Å². The minimum atomic E-state index is -3.72. The Morgan fingerprint density at radius 1 is 1.10 bits per heavy atom. The molecule has 2 aromatic rings. The van der Waals surface area contributed by atoms with E-state index in [2.05, 4.69) is 5.32 Å². The van der Waals surface area contributed by atoms with Gasteiger partial charge in [0.05, 0.1) is 11.9 Å². The number of rotatable bonds is 7. The Morgan fingerprint density at radius 2 is 1.70 bits per heavy atom. The maximum atomic E-state index is 12.7. The molecule has 0 unspecified atom stereocenters. The Labute approximate surface area is 187 Å². The number of carbonyl (C=O) groups excluding carboxylic acids is 1. The monoisotopic (exact) mass is 470 g/mol. The van der Waals surface area contributed by atoms with E-state index in [4.69, 9.17) is 27.9 Å². The predicted molar refractivity (Wildman–Crippen MR) is 120 cm³/mol. The minimum Gasteiger partial charge on any atom is -0.381 e. The van der Waals surface area contributed by atoms with E-state index in [9.17, 15) is 13.2 Å². The van der Waals surface area contributed by atoms with Gasteiger partial charge in [-0.15, -0.1) is 0 Å². The van der Waals surface area contributed by atoms with Crippen LogP contribution in [0.4, 0.5) is 5.69 Å². The third kappa shape index (κ3) is 5.66. The summed E-state index contributed by atoms with van der Waals surface area (Å²) < 4.78 is 31.2. The summed E-state index contributed by atoms with van der Waals surface area (Å²) in [7, 11) is -3.72. The minimum absolute atomic E-state index is 0.244. The largest absolute Gasteiger partial charge is 0.381 e. The lowest BCUT2D eigenvalue weighted by molar-refractivity contribution is -0.120. The lowest BCUT2D eigenvalue weighted by Gasteiger charge is -2.38. The summed E-state index contributed by atoms with van der Waals surface area (Å²) in [6.45, 7) is 1.26. The van der Waals surface area contributed by atoms with Gasteiger partial charge in [0.15, 0.2) is 0 Å². The summed E-state index contributed by atoms with van der Waals surface area (Å²) in [5.74, 6) is -0.404. The number of halogens is 2. The first-order valence-corrected chi connectivity index (χ1v) is 12.1. The molecule has 9 heteroatoms. The summed E-state index contributed by atoms with van der Waals surface area (Å²) in [6, 6.07) is 14.4. The van der Waals surface area contributed by atoms with Gasteiger partial charge in [-0.2, -0.15) is 0 Å². The molecule has 0 bridgehead atoms. The molecule has 1 aliphatic heterocycles. The quantitative estimate of drug-likeness (QED) is 0.670. The zero-order valence-corrected chi connectivity index (χ0v) is 18.9. The topological polar surface area (TPSA) is 75.7 Å². The van der Waals surface area contributed by atoms with Crippen molar-refractivity contribution in [3.05, 3.63) is 64.1 Å². The van der Waals surface area contributed by atoms with Crippen LogP contribution in [0, 0.1) is 0 Å². The molecule has 1 heterocycles. The first-order chi connectivity index (χ1) is 14.2. The fourth-order valence-corrected chi connectivity index (χ4v) is 5.01. The van der Waals surface area contributed by atoms with Crippen LogP contribution in [0.5, 0.6) is 0 Å². The average molecular weight is 471 g/mol. The van der Waals surface area contributed by atoms with Crippen molar-refractivity contribution in [1.29, 1.82) is 0 Å². The van der Waals surface area contributed by atoms with E-state index < -0.39 is 15.9 Å². The molecule has 0 atom stereocenters. The molecule has 0 radical (unpaired) electrons. The number of amides is 1. The number of anilines is 1.